The van der Waals surface area contributed by atoms with Crippen molar-refractivity contribution < 1.29 is 29.3 Å². The maximum atomic E-state index is 11.8. The lowest BCUT2D eigenvalue weighted by molar-refractivity contribution is -0.128. The van der Waals surface area contributed by atoms with Crippen molar-refractivity contribution >= 4 is 11.8 Å². The maximum Gasteiger partial charge on any atom is 0.242 e. The van der Waals surface area contributed by atoms with Gasteiger partial charge in [-0.1, -0.05) is 48.5 Å². The number of hydrogen-bond acceptors (Lipinski definition) is 10. The van der Waals surface area contributed by atoms with Crippen molar-refractivity contribution in [3.63, 3.8) is 0 Å². The number of aliphatic hydroxyl groups is 2. The zero-order chi connectivity index (χ0) is 37.1. The van der Waals surface area contributed by atoms with E-state index < -0.39 is 11.6 Å². The third-order valence-electron chi connectivity index (χ3n) is 7.80. The van der Waals surface area contributed by atoms with Crippen LogP contribution in [-0.2, 0) is 35.9 Å². The first-order valence-electron chi connectivity index (χ1n) is 16.2. The standard InChI is InChI=1S/C20H23N3O3.C19H21N3O3/c1-20(14-24,19(25)22-2)23-12-15-6-8-18(9-7-15)26-13-17-5-3-4-16(10-17)11-21;1-21-19(24)18(12-23)22-11-14-5-7-17(8-6-14)25-13-16-4-2-3-15(9-16)10-20/h3-10,23-24H,12-14H2,1-2H3,(H,22,25);2-9,18,22-23H,11-13H2,1H3,(H,21,24). The molecule has 0 aliphatic heterocycles. The van der Waals surface area contributed by atoms with Crippen LogP contribution in [0.25, 0.3) is 0 Å². The Morgan fingerprint density at radius 3 is 1.63 bits per heavy atom. The number of benzene rings is 4. The van der Waals surface area contributed by atoms with Gasteiger partial charge in [0.05, 0.1) is 36.5 Å². The Morgan fingerprint density at radius 1 is 0.725 bits per heavy atom. The number of carbonyl (C=O) groups excluding carboxylic acids is 2. The molecule has 2 amide bonds. The first-order valence-corrected chi connectivity index (χ1v) is 16.2. The lowest BCUT2D eigenvalue weighted by Crippen LogP contribution is -2.56. The summed E-state index contributed by atoms with van der Waals surface area (Å²) in [5, 5.41) is 47.6. The fourth-order valence-corrected chi connectivity index (χ4v) is 4.64. The zero-order valence-corrected chi connectivity index (χ0v) is 29.0. The minimum Gasteiger partial charge on any atom is -0.489 e. The summed E-state index contributed by atoms with van der Waals surface area (Å²) in [5.74, 6) is 0.921. The second-order valence-corrected chi connectivity index (χ2v) is 11.6. The Kier molecular flexibility index (Phi) is 16.1. The van der Waals surface area contributed by atoms with Crippen LogP contribution in [0.1, 0.15) is 40.3 Å². The Bertz CT molecular complexity index is 1790. The highest BCUT2D eigenvalue weighted by Gasteiger charge is 2.30. The largest absolute Gasteiger partial charge is 0.489 e. The van der Waals surface area contributed by atoms with E-state index in [1.165, 1.54) is 14.1 Å². The molecule has 12 heteroatoms. The minimum absolute atomic E-state index is 0.248. The van der Waals surface area contributed by atoms with Gasteiger partial charge in [-0.05, 0) is 77.7 Å². The summed E-state index contributed by atoms with van der Waals surface area (Å²) in [6, 6.07) is 33.1. The molecule has 0 aromatic heterocycles. The van der Waals surface area contributed by atoms with Gasteiger partial charge in [0.15, 0.2) is 0 Å². The molecule has 0 saturated carbocycles. The Labute approximate surface area is 298 Å². The van der Waals surface area contributed by atoms with Gasteiger partial charge in [-0.15, -0.1) is 0 Å². The molecule has 0 saturated heterocycles. The van der Waals surface area contributed by atoms with Crippen LogP contribution >= 0.6 is 0 Å². The fourth-order valence-electron chi connectivity index (χ4n) is 4.64. The van der Waals surface area contributed by atoms with Crippen LogP contribution in [0.2, 0.25) is 0 Å². The van der Waals surface area contributed by atoms with Crippen molar-refractivity contribution in [1.82, 2.24) is 21.3 Å². The summed E-state index contributed by atoms with van der Waals surface area (Å²) in [4.78, 5) is 23.3. The van der Waals surface area contributed by atoms with Crippen molar-refractivity contribution in [1.29, 1.82) is 10.5 Å². The molecule has 266 valence electrons. The van der Waals surface area contributed by atoms with E-state index in [0.29, 0.717) is 43.2 Å². The van der Waals surface area contributed by atoms with E-state index in [-0.39, 0.29) is 25.0 Å². The summed E-state index contributed by atoms with van der Waals surface area (Å²) >= 11 is 0. The van der Waals surface area contributed by atoms with E-state index in [1.54, 1.807) is 31.2 Å². The molecule has 51 heavy (non-hydrogen) atoms. The topological polar surface area (TPSA) is 189 Å². The van der Waals surface area contributed by atoms with E-state index in [1.807, 2.05) is 72.8 Å². The van der Waals surface area contributed by atoms with Gasteiger partial charge < -0.3 is 30.3 Å². The number of amides is 2. The van der Waals surface area contributed by atoms with Crippen molar-refractivity contribution in [2.75, 3.05) is 27.3 Å². The van der Waals surface area contributed by atoms with Crippen molar-refractivity contribution in [2.24, 2.45) is 0 Å². The highest BCUT2D eigenvalue weighted by atomic mass is 16.5. The van der Waals surface area contributed by atoms with Gasteiger partial charge in [-0.25, -0.2) is 0 Å². The summed E-state index contributed by atoms with van der Waals surface area (Å²) < 4.78 is 11.4. The number of rotatable bonds is 16. The SMILES string of the molecule is CNC(=O)C(C)(CO)NCc1ccc(OCc2cccc(C#N)c2)cc1.CNC(=O)C(CO)NCc1ccc(OCc2cccc(C#N)c2)cc1. The van der Waals surface area contributed by atoms with Crippen LogP contribution in [0, 0.1) is 22.7 Å². The van der Waals surface area contributed by atoms with Crippen molar-refractivity contribution in [3.05, 3.63) is 130 Å². The van der Waals surface area contributed by atoms with E-state index >= 15 is 0 Å². The first-order chi connectivity index (χ1) is 24.7. The number of likely N-dealkylation sites (N-methyl/N-ethyl adjacent to an activating group) is 2. The molecule has 12 nitrogen and oxygen atoms in total. The van der Waals surface area contributed by atoms with Crippen LogP contribution < -0.4 is 30.7 Å². The summed E-state index contributed by atoms with van der Waals surface area (Å²) in [5.41, 5.74) is 3.98. The average Bonchev–Trinajstić information content (AvgIpc) is 3.19. The second-order valence-electron chi connectivity index (χ2n) is 11.6. The van der Waals surface area contributed by atoms with E-state index in [4.69, 9.17) is 20.0 Å². The van der Waals surface area contributed by atoms with Gasteiger partial charge in [0.2, 0.25) is 11.8 Å². The van der Waals surface area contributed by atoms with Gasteiger partial charge in [0.25, 0.3) is 0 Å². The highest BCUT2D eigenvalue weighted by molar-refractivity contribution is 5.85. The van der Waals surface area contributed by atoms with Crippen LogP contribution in [0.3, 0.4) is 0 Å². The highest BCUT2D eigenvalue weighted by Crippen LogP contribution is 2.17. The van der Waals surface area contributed by atoms with Gasteiger partial charge in [-0.3, -0.25) is 20.2 Å². The molecule has 0 heterocycles. The number of aliphatic hydroxyl groups excluding tert-OH is 2. The third-order valence-corrected chi connectivity index (χ3v) is 7.80. The molecular formula is C39H44N6O6. The number of carbonyl (C=O) groups is 2. The molecule has 0 bridgehead atoms. The van der Waals surface area contributed by atoms with Crippen LogP contribution in [0.4, 0.5) is 0 Å². The fraction of sp³-hybridized carbons (Fsp3) is 0.282. The molecule has 2 atom stereocenters. The molecule has 0 aliphatic rings. The van der Waals surface area contributed by atoms with Crippen LogP contribution in [0.15, 0.2) is 97.1 Å². The molecule has 6 N–H and O–H groups in total. The van der Waals surface area contributed by atoms with Crippen LogP contribution in [0.5, 0.6) is 11.5 Å². The molecular weight excluding hydrogens is 648 g/mol. The average molecular weight is 693 g/mol. The molecule has 4 aromatic carbocycles. The summed E-state index contributed by atoms with van der Waals surface area (Å²) in [6.07, 6.45) is 0. The predicted octanol–water partition coefficient (Wildman–Crippen LogP) is 3.06. The molecule has 0 fully saturated rings. The number of ether oxygens (including phenoxy) is 2. The molecule has 0 aliphatic carbocycles. The second kappa shape index (κ2) is 20.7. The number of hydrogen-bond donors (Lipinski definition) is 6. The van der Waals surface area contributed by atoms with Crippen molar-refractivity contribution in [2.45, 2.75) is 44.8 Å². The number of nitriles is 2. The zero-order valence-electron chi connectivity index (χ0n) is 29.0. The predicted molar refractivity (Wildman–Crippen MR) is 192 cm³/mol. The quantitative estimate of drug-likeness (QED) is 0.102. The Balaban J connectivity index is 0.000000276. The minimum atomic E-state index is -1.03. The lowest BCUT2D eigenvalue weighted by Gasteiger charge is -2.26. The van der Waals surface area contributed by atoms with E-state index in [0.717, 1.165) is 28.0 Å². The molecule has 4 aromatic rings. The first kappa shape index (κ1) is 39.7. The van der Waals surface area contributed by atoms with Gasteiger partial charge in [0.1, 0.15) is 36.3 Å². The summed E-state index contributed by atoms with van der Waals surface area (Å²) in [7, 11) is 3.07. The monoisotopic (exact) mass is 692 g/mol. The smallest absolute Gasteiger partial charge is 0.242 e. The Hall–Kier alpha value is -5.76. The van der Waals surface area contributed by atoms with Gasteiger partial charge in [-0.2, -0.15) is 10.5 Å². The Morgan fingerprint density at radius 2 is 1.22 bits per heavy atom. The normalized spacial score (nSPS) is 12.1. The number of nitrogens with one attached hydrogen (secondary N) is 4. The van der Waals surface area contributed by atoms with E-state index in [2.05, 4.69) is 33.4 Å². The molecule has 0 spiro atoms. The van der Waals surface area contributed by atoms with Gasteiger partial charge in [0, 0.05) is 27.2 Å². The lowest BCUT2D eigenvalue weighted by atomic mass is 10.0. The van der Waals surface area contributed by atoms with E-state index in [9.17, 15) is 19.8 Å². The molecule has 2 unspecified atom stereocenters. The summed E-state index contributed by atoms with van der Waals surface area (Å²) in [6.45, 7) is 2.76. The van der Waals surface area contributed by atoms with Crippen molar-refractivity contribution in [3.8, 4) is 23.6 Å². The van der Waals surface area contributed by atoms with Crippen LogP contribution in [-0.4, -0.2) is 60.9 Å². The number of nitrogens with zero attached hydrogens (tertiary/aromatic N) is 2. The van der Waals surface area contributed by atoms with Gasteiger partial charge >= 0.3 is 0 Å². The maximum absolute atomic E-state index is 11.8. The molecule has 0 radical (unpaired) electrons. The third kappa shape index (κ3) is 12.9. The molecule has 4 rings (SSSR count).